The molecule has 0 radical (unpaired) electrons. The van der Waals surface area contributed by atoms with Crippen molar-refractivity contribution in [2.24, 2.45) is 0 Å². The molecular weight excluding hydrogens is 357 g/mol. The fraction of sp³-hybridized carbons (Fsp3) is 0.158. The molecule has 5 nitrogen and oxygen atoms in total. The molecule has 7 heteroatoms. The highest BCUT2D eigenvalue weighted by atomic mass is 35.5. The van der Waals surface area contributed by atoms with Crippen molar-refractivity contribution in [2.75, 3.05) is 5.32 Å². The van der Waals surface area contributed by atoms with Gasteiger partial charge in [0.15, 0.2) is 5.69 Å². The number of carbonyl (C=O) groups is 1. The van der Waals surface area contributed by atoms with E-state index >= 15 is 0 Å². The summed E-state index contributed by atoms with van der Waals surface area (Å²) in [6, 6.07) is 15.1. The second-order valence-electron chi connectivity index (χ2n) is 5.99. The Kier molecular flexibility index (Phi) is 4.44. The minimum absolute atomic E-state index is 0.124. The molecule has 1 aromatic heterocycles. The second-order valence-corrected chi connectivity index (χ2v) is 6.42. The number of nitrogens with one attached hydrogen (secondary N) is 1. The molecule has 1 atom stereocenters. The monoisotopic (exact) mass is 371 g/mol. The summed E-state index contributed by atoms with van der Waals surface area (Å²) >= 11 is 5.92. The Morgan fingerprint density at radius 2 is 2.00 bits per heavy atom. The maximum atomic E-state index is 13.7. The Labute approximate surface area is 154 Å². The van der Waals surface area contributed by atoms with Gasteiger partial charge in [0.05, 0.1) is 24.5 Å². The Morgan fingerprint density at radius 3 is 2.77 bits per heavy atom. The van der Waals surface area contributed by atoms with Crippen LogP contribution < -0.4 is 5.32 Å². The molecule has 2 heterocycles. The fourth-order valence-electron chi connectivity index (χ4n) is 2.86. The number of nitrogens with zero attached hydrogens (tertiary/aromatic N) is 2. The number of anilines is 1. The van der Waals surface area contributed by atoms with Gasteiger partial charge in [-0.25, -0.2) is 4.39 Å². The summed E-state index contributed by atoms with van der Waals surface area (Å²) in [4.78, 5) is 12.4. The zero-order valence-electron chi connectivity index (χ0n) is 13.7. The Bertz CT molecular complexity index is 956. The first-order valence-electron chi connectivity index (χ1n) is 8.10. The molecule has 2 aromatic carbocycles. The van der Waals surface area contributed by atoms with Crippen molar-refractivity contribution in [1.82, 2.24) is 9.78 Å². The second kappa shape index (κ2) is 6.90. The van der Waals surface area contributed by atoms with Crippen LogP contribution in [0.1, 0.15) is 27.8 Å². The Morgan fingerprint density at radius 1 is 1.23 bits per heavy atom. The van der Waals surface area contributed by atoms with Crippen LogP contribution in [0.3, 0.4) is 0 Å². The van der Waals surface area contributed by atoms with Crippen molar-refractivity contribution in [1.29, 1.82) is 0 Å². The van der Waals surface area contributed by atoms with E-state index in [-0.39, 0.29) is 17.5 Å². The highest BCUT2D eigenvalue weighted by Crippen LogP contribution is 2.27. The first-order valence-corrected chi connectivity index (χ1v) is 8.47. The van der Waals surface area contributed by atoms with E-state index in [1.807, 2.05) is 24.3 Å². The summed E-state index contributed by atoms with van der Waals surface area (Å²) < 4.78 is 21.3. The van der Waals surface area contributed by atoms with Crippen LogP contribution in [0, 0.1) is 5.82 Å². The van der Waals surface area contributed by atoms with Gasteiger partial charge >= 0.3 is 0 Å². The molecule has 1 aliphatic rings. The van der Waals surface area contributed by atoms with Gasteiger partial charge in [0.1, 0.15) is 11.9 Å². The highest BCUT2D eigenvalue weighted by Gasteiger charge is 2.24. The van der Waals surface area contributed by atoms with E-state index in [1.54, 1.807) is 22.9 Å². The van der Waals surface area contributed by atoms with E-state index < -0.39 is 11.7 Å². The van der Waals surface area contributed by atoms with Gasteiger partial charge < -0.3 is 10.1 Å². The largest absolute Gasteiger partial charge is 0.365 e. The summed E-state index contributed by atoms with van der Waals surface area (Å²) in [6.45, 7) is 0.831. The van der Waals surface area contributed by atoms with Crippen molar-refractivity contribution in [3.8, 4) is 0 Å². The van der Waals surface area contributed by atoms with Gasteiger partial charge in [0.25, 0.3) is 5.91 Å². The van der Waals surface area contributed by atoms with E-state index in [2.05, 4.69) is 10.4 Å². The SMILES string of the molecule is O=C(Nc1ccccc1F)c1cc2n(n1)C[C@H](c1ccc(Cl)cc1)OC2. The summed E-state index contributed by atoms with van der Waals surface area (Å²) in [6.07, 6.45) is -0.165. The third kappa shape index (κ3) is 3.34. The number of fused-ring (bicyclic) bond motifs is 1. The molecule has 132 valence electrons. The topological polar surface area (TPSA) is 56.2 Å². The lowest BCUT2D eigenvalue weighted by Gasteiger charge is -2.24. The van der Waals surface area contributed by atoms with E-state index in [9.17, 15) is 9.18 Å². The van der Waals surface area contributed by atoms with Crippen molar-refractivity contribution in [3.63, 3.8) is 0 Å². The van der Waals surface area contributed by atoms with E-state index in [0.717, 1.165) is 11.3 Å². The predicted octanol–water partition coefficient (Wildman–Crippen LogP) is 4.20. The first-order chi connectivity index (χ1) is 12.6. The van der Waals surface area contributed by atoms with Gasteiger partial charge in [-0.2, -0.15) is 5.10 Å². The number of carbonyl (C=O) groups excluding carboxylic acids is 1. The minimum Gasteiger partial charge on any atom is -0.365 e. The number of para-hydroxylation sites is 1. The van der Waals surface area contributed by atoms with Gasteiger partial charge in [0, 0.05) is 5.02 Å². The number of amides is 1. The van der Waals surface area contributed by atoms with Crippen LogP contribution >= 0.6 is 11.6 Å². The summed E-state index contributed by atoms with van der Waals surface area (Å²) in [7, 11) is 0. The number of rotatable bonds is 3. The first kappa shape index (κ1) is 16.8. The number of halogens is 2. The van der Waals surface area contributed by atoms with Crippen molar-refractivity contribution in [2.45, 2.75) is 19.3 Å². The molecule has 1 amide bonds. The molecule has 1 N–H and O–H groups in total. The van der Waals surface area contributed by atoms with Crippen molar-refractivity contribution >= 4 is 23.2 Å². The maximum absolute atomic E-state index is 13.7. The maximum Gasteiger partial charge on any atom is 0.276 e. The molecule has 4 rings (SSSR count). The van der Waals surface area contributed by atoms with Crippen LogP contribution in [0.15, 0.2) is 54.6 Å². The molecule has 0 fully saturated rings. The molecule has 1 aliphatic heterocycles. The smallest absolute Gasteiger partial charge is 0.276 e. The number of aromatic nitrogens is 2. The zero-order valence-corrected chi connectivity index (χ0v) is 14.4. The van der Waals surface area contributed by atoms with Gasteiger partial charge in [0.2, 0.25) is 0 Å². The van der Waals surface area contributed by atoms with E-state index in [1.165, 1.54) is 12.1 Å². The molecule has 0 saturated heterocycles. The normalized spacial score (nSPS) is 16.2. The predicted molar refractivity (Wildman–Crippen MR) is 95.6 cm³/mol. The summed E-state index contributed by atoms with van der Waals surface area (Å²) in [5.41, 5.74) is 2.14. The molecule has 26 heavy (non-hydrogen) atoms. The van der Waals surface area contributed by atoms with Crippen LogP contribution in [0.25, 0.3) is 0 Å². The minimum atomic E-state index is -0.490. The van der Waals surface area contributed by atoms with Crippen molar-refractivity contribution in [3.05, 3.63) is 82.4 Å². The van der Waals surface area contributed by atoms with E-state index in [0.29, 0.717) is 18.2 Å². The van der Waals surface area contributed by atoms with Gasteiger partial charge in [-0.15, -0.1) is 0 Å². The van der Waals surface area contributed by atoms with Crippen LogP contribution in [0.2, 0.25) is 5.02 Å². The van der Waals surface area contributed by atoms with E-state index in [4.69, 9.17) is 16.3 Å². The van der Waals surface area contributed by atoms with Gasteiger partial charge in [-0.05, 0) is 35.9 Å². The Hall–Kier alpha value is -2.70. The standard InChI is InChI=1S/C19H15ClFN3O2/c20-13-7-5-12(6-8-13)18-10-24-14(11-26-18)9-17(23-24)19(25)22-16-4-2-1-3-15(16)21/h1-9,18H,10-11H2,(H,22,25)/t18-/m1/s1. The van der Waals surface area contributed by atoms with Crippen molar-refractivity contribution < 1.29 is 13.9 Å². The summed E-state index contributed by atoms with van der Waals surface area (Å²) in [5.74, 6) is -0.948. The lowest BCUT2D eigenvalue weighted by atomic mass is 10.1. The average Bonchev–Trinajstić information content (AvgIpc) is 3.07. The molecular formula is C19H15ClFN3O2. The molecule has 0 bridgehead atoms. The quantitative estimate of drug-likeness (QED) is 0.750. The number of hydrogen-bond acceptors (Lipinski definition) is 3. The molecule has 0 saturated carbocycles. The van der Waals surface area contributed by atoms with Crippen LogP contribution in [0.4, 0.5) is 10.1 Å². The number of benzene rings is 2. The van der Waals surface area contributed by atoms with Crippen LogP contribution in [-0.2, 0) is 17.9 Å². The molecule has 0 spiro atoms. The zero-order chi connectivity index (χ0) is 18.1. The fourth-order valence-corrected chi connectivity index (χ4v) is 2.99. The summed E-state index contributed by atoms with van der Waals surface area (Å²) in [5, 5.41) is 7.55. The average molecular weight is 372 g/mol. The van der Waals surface area contributed by atoms with Crippen LogP contribution in [-0.4, -0.2) is 15.7 Å². The van der Waals surface area contributed by atoms with Crippen LogP contribution in [0.5, 0.6) is 0 Å². The number of hydrogen-bond donors (Lipinski definition) is 1. The lowest BCUT2D eigenvalue weighted by Crippen LogP contribution is -2.22. The lowest BCUT2D eigenvalue weighted by molar-refractivity contribution is -0.00118. The van der Waals surface area contributed by atoms with Gasteiger partial charge in [-0.3, -0.25) is 9.48 Å². The highest BCUT2D eigenvalue weighted by molar-refractivity contribution is 6.30. The third-order valence-corrected chi connectivity index (χ3v) is 4.48. The Balaban J connectivity index is 1.51. The third-order valence-electron chi connectivity index (χ3n) is 4.23. The number of ether oxygens (including phenoxy) is 1. The molecule has 0 aliphatic carbocycles. The molecule has 0 unspecified atom stereocenters. The van der Waals surface area contributed by atoms with Gasteiger partial charge in [-0.1, -0.05) is 35.9 Å². The molecule has 3 aromatic rings.